The van der Waals surface area contributed by atoms with Crippen molar-refractivity contribution < 1.29 is 19.0 Å². The Morgan fingerprint density at radius 1 is 1.21 bits per heavy atom. The zero-order valence-electron chi connectivity index (χ0n) is 13.7. The summed E-state index contributed by atoms with van der Waals surface area (Å²) in [6.07, 6.45) is 0.869. The van der Waals surface area contributed by atoms with Crippen molar-refractivity contribution in [3.63, 3.8) is 0 Å². The Hall–Kier alpha value is -2.89. The lowest BCUT2D eigenvalue weighted by molar-refractivity contribution is 0.251. The normalized spacial score (nSPS) is 12.1. The first-order valence-electron chi connectivity index (χ1n) is 7.71. The van der Waals surface area contributed by atoms with Crippen LogP contribution in [0.4, 0.5) is 10.5 Å². The highest BCUT2D eigenvalue weighted by molar-refractivity contribution is 5.89. The number of methoxy groups -OCH3 is 2. The molecule has 2 N–H and O–H groups in total. The Bertz CT molecular complexity index is 746. The minimum atomic E-state index is -0.279. The minimum absolute atomic E-state index is 0.279. The Labute approximate surface area is 140 Å². The summed E-state index contributed by atoms with van der Waals surface area (Å²) in [6, 6.07) is 10.9. The summed E-state index contributed by atoms with van der Waals surface area (Å²) in [4.78, 5) is 12.1. The Morgan fingerprint density at radius 3 is 2.88 bits per heavy atom. The van der Waals surface area contributed by atoms with E-state index in [0.717, 1.165) is 29.0 Å². The molecule has 0 spiro atoms. The second kappa shape index (κ2) is 7.12. The number of anilines is 1. The van der Waals surface area contributed by atoms with E-state index in [-0.39, 0.29) is 6.03 Å². The maximum atomic E-state index is 12.1. The number of benzene rings is 2. The largest absolute Gasteiger partial charge is 0.493 e. The van der Waals surface area contributed by atoms with Gasteiger partial charge in [-0.3, -0.25) is 0 Å². The molecule has 6 nitrogen and oxygen atoms in total. The lowest BCUT2D eigenvalue weighted by atomic mass is 10.1. The molecule has 0 bridgehead atoms. The van der Waals surface area contributed by atoms with Crippen LogP contribution >= 0.6 is 0 Å². The zero-order valence-corrected chi connectivity index (χ0v) is 13.7. The van der Waals surface area contributed by atoms with Crippen LogP contribution in [-0.2, 0) is 13.0 Å². The van der Waals surface area contributed by atoms with Gasteiger partial charge in [-0.05, 0) is 29.8 Å². The highest BCUT2D eigenvalue weighted by Crippen LogP contribution is 2.30. The van der Waals surface area contributed by atoms with Gasteiger partial charge in [0.25, 0.3) is 0 Å². The number of hydrogen-bond donors (Lipinski definition) is 2. The third kappa shape index (κ3) is 3.37. The van der Waals surface area contributed by atoms with Crippen molar-refractivity contribution in [3.05, 3.63) is 47.5 Å². The summed E-state index contributed by atoms with van der Waals surface area (Å²) in [5.41, 5.74) is 2.70. The standard InChI is InChI=1S/C18H20N2O4/c1-22-16-5-3-4-13(17(16)23-2)11-19-18(21)20-14-6-7-15-12(10-14)8-9-24-15/h3-7,10H,8-9,11H2,1-2H3,(H2,19,20,21). The van der Waals surface area contributed by atoms with Gasteiger partial charge in [0, 0.05) is 24.2 Å². The summed E-state index contributed by atoms with van der Waals surface area (Å²) in [7, 11) is 3.16. The molecule has 0 atom stereocenters. The third-order valence-electron chi connectivity index (χ3n) is 3.87. The van der Waals surface area contributed by atoms with E-state index in [1.54, 1.807) is 14.2 Å². The third-order valence-corrected chi connectivity index (χ3v) is 3.87. The first-order chi connectivity index (χ1) is 11.7. The van der Waals surface area contributed by atoms with E-state index in [2.05, 4.69) is 10.6 Å². The van der Waals surface area contributed by atoms with E-state index >= 15 is 0 Å². The molecule has 0 saturated carbocycles. The number of urea groups is 1. The molecule has 1 aliphatic rings. The van der Waals surface area contributed by atoms with E-state index in [1.165, 1.54) is 0 Å². The van der Waals surface area contributed by atoms with Gasteiger partial charge < -0.3 is 24.8 Å². The molecule has 1 heterocycles. The molecule has 6 heteroatoms. The van der Waals surface area contributed by atoms with Crippen molar-refractivity contribution in [1.29, 1.82) is 0 Å². The van der Waals surface area contributed by atoms with Crippen LogP contribution in [0.5, 0.6) is 17.2 Å². The van der Waals surface area contributed by atoms with Crippen molar-refractivity contribution in [2.75, 3.05) is 26.1 Å². The average molecular weight is 328 g/mol. The summed E-state index contributed by atoms with van der Waals surface area (Å²) in [5, 5.41) is 5.65. The molecule has 0 aromatic heterocycles. The second-order valence-electron chi connectivity index (χ2n) is 5.38. The highest BCUT2D eigenvalue weighted by Gasteiger charge is 2.14. The predicted molar refractivity (Wildman–Crippen MR) is 91.0 cm³/mol. The van der Waals surface area contributed by atoms with E-state index < -0.39 is 0 Å². The SMILES string of the molecule is COc1cccc(CNC(=O)Nc2ccc3c(c2)CCO3)c1OC. The first kappa shape index (κ1) is 16.0. The number of fused-ring (bicyclic) bond motifs is 1. The summed E-state index contributed by atoms with van der Waals surface area (Å²) in [6.45, 7) is 1.03. The molecule has 24 heavy (non-hydrogen) atoms. The van der Waals surface area contributed by atoms with Gasteiger partial charge >= 0.3 is 6.03 Å². The number of carbonyl (C=O) groups excluding carboxylic acids is 1. The fourth-order valence-corrected chi connectivity index (χ4v) is 2.71. The zero-order chi connectivity index (χ0) is 16.9. The highest BCUT2D eigenvalue weighted by atomic mass is 16.5. The summed E-state index contributed by atoms with van der Waals surface area (Å²) < 4.78 is 16.1. The smallest absolute Gasteiger partial charge is 0.319 e. The van der Waals surface area contributed by atoms with Gasteiger partial charge in [-0.1, -0.05) is 12.1 Å². The molecule has 1 aliphatic heterocycles. The van der Waals surface area contributed by atoms with Gasteiger partial charge in [0.15, 0.2) is 11.5 Å². The lowest BCUT2D eigenvalue weighted by Gasteiger charge is -2.13. The molecule has 0 aliphatic carbocycles. The van der Waals surface area contributed by atoms with Crippen LogP contribution in [0.25, 0.3) is 0 Å². The van der Waals surface area contributed by atoms with Crippen molar-refractivity contribution in [2.45, 2.75) is 13.0 Å². The number of ether oxygens (including phenoxy) is 3. The quantitative estimate of drug-likeness (QED) is 0.885. The summed E-state index contributed by atoms with van der Waals surface area (Å²) in [5.74, 6) is 2.15. The Morgan fingerprint density at radius 2 is 2.08 bits per heavy atom. The van der Waals surface area contributed by atoms with Crippen LogP contribution in [0.2, 0.25) is 0 Å². The summed E-state index contributed by atoms with van der Waals surface area (Å²) >= 11 is 0. The number of para-hydroxylation sites is 1. The number of rotatable bonds is 5. The van der Waals surface area contributed by atoms with E-state index in [4.69, 9.17) is 14.2 Å². The molecule has 2 aromatic rings. The molecule has 2 aromatic carbocycles. The van der Waals surface area contributed by atoms with Crippen molar-refractivity contribution in [1.82, 2.24) is 5.32 Å². The lowest BCUT2D eigenvalue weighted by Crippen LogP contribution is -2.28. The van der Waals surface area contributed by atoms with Crippen LogP contribution in [0, 0.1) is 0 Å². The Balaban J connectivity index is 1.62. The van der Waals surface area contributed by atoms with Crippen LogP contribution in [0.3, 0.4) is 0 Å². The molecule has 0 fully saturated rings. The molecule has 3 rings (SSSR count). The van der Waals surface area contributed by atoms with Crippen LogP contribution < -0.4 is 24.8 Å². The maximum absolute atomic E-state index is 12.1. The second-order valence-corrected chi connectivity index (χ2v) is 5.38. The average Bonchev–Trinajstić information content (AvgIpc) is 3.07. The van der Waals surface area contributed by atoms with Crippen molar-refractivity contribution >= 4 is 11.7 Å². The fourth-order valence-electron chi connectivity index (χ4n) is 2.71. The van der Waals surface area contributed by atoms with Gasteiger partial charge in [-0.15, -0.1) is 0 Å². The predicted octanol–water partition coefficient (Wildman–Crippen LogP) is 2.96. The first-order valence-corrected chi connectivity index (χ1v) is 7.71. The van der Waals surface area contributed by atoms with E-state index in [9.17, 15) is 4.79 Å². The molecule has 0 unspecified atom stereocenters. The topological polar surface area (TPSA) is 68.8 Å². The number of amides is 2. The minimum Gasteiger partial charge on any atom is -0.493 e. The number of hydrogen-bond acceptors (Lipinski definition) is 4. The van der Waals surface area contributed by atoms with Gasteiger partial charge in [0.05, 0.1) is 20.8 Å². The number of nitrogens with one attached hydrogen (secondary N) is 2. The molecule has 2 amide bonds. The van der Waals surface area contributed by atoms with E-state index in [0.29, 0.717) is 24.7 Å². The maximum Gasteiger partial charge on any atom is 0.319 e. The van der Waals surface area contributed by atoms with Gasteiger partial charge in [0.1, 0.15) is 5.75 Å². The van der Waals surface area contributed by atoms with Crippen molar-refractivity contribution in [2.24, 2.45) is 0 Å². The van der Waals surface area contributed by atoms with Gasteiger partial charge in [-0.25, -0.2) is 4.79 Å². The van der Waals surface area contributed by atoms with Gasteiger partial charge in [-0.2, -0.15) is 0 Å². The fraction of sp³-hybridized carbons (Fsp3) is 0.278. The van der Waals surface area contributed by atoms with E-state index in [1.807, 2.05) is 36.4 Å². The molecule has 0 radical (unpaired) electrons. The monoisotopic (exact) mass is 328 g/mol. The Kier molecular flexibility index (Phi) is 4.74. The number of carbonyl (C=O) groups is 1. The van der Waals surface area contributed by atoms with Crippen LogP contribution in [0.15, 0.2) is 36.4 Å². The van der Waals surface area contributed by atoms with Crippen LogP contribution in [0.1, 0.15) is 11.1 Å². The molecule has 126 valence electrons. The molecule has 0 saturated heterocycles. The molecular formula is C18H20N2O4. The van der Waals surface area contributed by atoms with Crippen LogP contribution in [-0.4, -0.2) is 26.9 Å². The van der Waals surface area contributed by atoms with Gasteiger partial charge in [0.2, 0.25) is 0 Å². The molecular weight excluding hydrogens is 308 g/mol. The van der Waals surface area contributed by atoms with Crippen molar-refractivity contribution in [3.8, 4) is 17.2 Å².